The van der Waals surface area contributed by atoms with Gasteiger partial charge < -0.3 is 15.0 Å². The first-order valence-electron chi connectivity index (χ1n) is 7.19. The molecule has 0 aliphatic carbocycles. The first kappa shape index (κ1) is 15.7. The summed E-state index contributed by atoms with van der Waals surface area (Å²) in [6.45, 7) is 5.14. The Morgan fingerprint density at radius 1 is 1.43 bits per heavy atom. The Labute approximate surface area is 127 Å². The van der Waals surface area contributed by atoms with Gasteiger partial charge in [0.1, 0.15) is 5.01 Å². The van der Waals surface area contributed by atoms with Crippen molar-refractivity contribution in [2.45, 2.75) is 33.1 Å². The van der Waals surface area contributed by atoms with Gasteiger partial charge in [-0.05, 0) is 26.2 Å². The average molecular weight is 312 g/mol. The fraction of sp³-hybridized carbons (Fsp3) is 0.692. The fourth-order valence-corrected chi connectivity index (χ4v) is 2.91. The monoisotopic (exact) mass is 312 g/mol. The van der Waals surface area contributed by atoms with E-state index in [1.165, 1.54) is 11.3 Å². The molecule has 1 atom stereocenters. The van der Waals surface area contributed by atoms with Crippen molar-refractivity contribution in [2.75, 3.05) is 25.0 Å². The van der Waals surface area contributed by atoms with Gasteiger partial charge in [-0.2, -0.15) is 0 Å². The quantitative estimate of drug-likeness (QED) is 0.918. The number of rotatable bonds is 4. The Hall–Kier alpha value is -1.70. The summed E-state index contributed by atoms with van der Waals surface area (Å²) < 4.78 is 4.98. The third kappa shape index (κ3) is 4.13. The molecule has 116 valence electrons. The lowest BCUT2D eigenvalue weighted by Gasteiger charge is -2.30. The van der Waals surface area contributed by atoms with E-state index in [4.69, 9.17) is 4.74 Å². The van der Waals surface area contributed by atoms with Gasteiger partial charge in [0.15, 0.2) is 0 Å². The number of carbonyl (C=O) groups is 2. The van der Waals surface area contributed by atoms with E-state index in [0.29, 0.717) is 24.8 Å². The number of likely N-dealkylation sites (tertiary alicyclic amines) is 1. The third-order valence-electron chi connectivity index (χ3n) is 3.32. The summed E-state index contributed by atoms with van der Waals surface area (Å²) in [6, 6.07) is 0. The van der Waals surface area contributed by atoms with Crippen LogP contribution in [0.4, 0.5) is 9.93 Å². The maximum Gasteiger partial charge on any atom is 0.409 e. The molecule has 1 N–H and O–H groups in total. The van der Waals surface area contributed by atoms with Crippen molar-refractivity contribution in [1.82, 2.24) is 15.1 Å². The van der Waals surface area contributed by atoms with Gasteiger partial charge in [0.2, 0.25) is 11.0 Å². The summed E-state index contributed by atoms with van der Waals surface area (Å²) in [7, 11) is 0. The van der Waals surface area contributed by atoms with Crippen LogP contribution in [0.1, 0.15) is 31.7 Å². The van der Waals surface area contributed by atoms with Crippen molar-refractivity contribution in [2.24, 2.45) is 5.92 Å². The fourth-order valence-electron chi connectivity index (χ4n) is 2.23. The van der Waals surface area contributed by atoms with Crippen molar-refractivity contribution >= 4 is 28.5 Å². The number of anilines is 1. The van der Waals surface area contributed by atoms with E-state index in [9.17, 15) is 9.59 Å². The summed E-state index contributed by atoms with van der Waals surface area (Å²) in [5.41, 5.74) is 0. The number of hydrogen-bond acceptors (Lipinski definition) is 6. The summed E-state index contributed by atoms with van der Waals surface area (Å²) in [6.07, 6.45) is 2.02. The van der Waals surface area contributed by atoms with Crippen molar-refractivity contribution in [3.8, 4) is 0 Å². The van der Waals surface area contributed by atoms with Crippen molar-refractivity contribution < 1.29 is 14.3 Å². The Morgan fingerprint density at radius 3 is 2.90 bits per heavy atom. The first-order chi connectivity index (χ1) is 10.1. The average Bonchev–Trinajstić information content (AvgIpc) is 2.95. The summed E-state index contributed by atoms with van der Waals surface area (Å²) in [5, 5.41) is 12.1. The van der Waals surface area contributed by atoms with Crippen molar-refractivity contribution in [1.29, 1.82) is 0 Å². The molecule has 0 spiro atoms. The molecule has 2 amide bonds. The zero-order valence-corrected chi connectivity index (χ0v) is 13.1. The van der Waals surface area contributed by atoms with E-state index < -0.39 is 0 Å². The number of piperidine rings is 1. The van der Waals surface area contributed by atoms with E-state index >= 15 is 0 Å². The Bertz CT molecular complexity index is 505. The molecule has 1 aromatic rings. The van der Waals surface area contributed by atoms with Crippen LogP contribution in [0.3, 0.4) is 0 Å². The maximum absolute atomic E-state index is 12.2. The highest BCUT2D eigenvalue weighted by atomic mass is 32.1. The van der Waals surface area contributed by atoms with Gasteiger partial charge in [-0.25, -0.2) is 4.79 Å². The highest BCUT2D eigenvalue weighted by Crippen LogP contribution is 2.21. The smallest absolute Gasteiger partial charge is 0.409 e. The Morgan fingerprint density at radius 2 is 2.24 bits per heavy atom. The van der Waals surface area contributed by atoms with Gasteiger partial charge >= 0.3 is 6.09 Å². The molecule has 1 aromatic heterocycles. The molecular weight excluding hydrogens is 292 g/mol. The van der Waals surface area contributed by atoms with E-state index in [-0.39, 0.29) is 17.9 Å². The molecular formula is C13H20N4O3S. The van der Waals surface area contributed by atoms with Gasteiger partial charge in [-0.3, -0.25) is 4.79 Å². The highest BCUT2D eigenvalue weighted by Gasteiger charge is 2.29. The second kappa shape index (κ2) is 7.35. The number of nitrogens with zero attached hydrogens (tertiary/aromatic N) is 3. The Kier molecular flexibility index (Phi) is 5.49. The van der Waals surface area contributed by atoms with Gasteiger partial charge in [0.05, 0.1) is 12.5 Å². The zero-order chi connectivity index (χ0) is 15.2. The maximum atomic E-state index is 12.2. The van der Waals surface area contributed by atoms with Gasteiger partial charge in [0, 0.05) is 13.1 Å². The van der Waals surface area contributed by atoms with E-state index in [2.05, 4.69) is 15.5 Å². The predicted molar refractivity (Wildman–Crippen MR) is 79.2 cm³/mol. The van der Waals surface area contributed by atoms with E-state index in [1.807, 2.05) is 6.92 Å². The number of amides is 2. The van der Waals surface area contributed by atoms with Crippen LogP contribution in [0.25, 0.3) is 0 Å². The van der Waals surface area contributed by atoms with Gasteiger partial charge in [0.25, 0.3) is 0 Å². The van der Waals surface area contributed by atoms with Crippen LogP contribution >= 0.6 is 11.3 Å². The minimum atomic E-state index is -0.348. The SMILES string of the molecule is CCOC(=O)N1CCCC(C(=O)Nc2nnc(CC)s2)C1. The minimum absolute atomic E-state index is 0.109. The van der Waals surface area contributed by atoms with Gasteiger partial charge in [-0.1, -0.05) is 18.3 Å². The molecule has 2 rings (SSSR count). The first-order valence-corrected chi connectivity index (χ1v) is 8.00. The molecule has 21 heavy (non-hydrogen) atoms. The molecule has 1 aliphatic heterocycles. The van der Waals surface area contributed by atoms with Crippen molar-refractivity contribution in [3.63, 3.8) is 0 Å². The topological polar surface area (TPSA) is 84.4 Å². The standard InChI is InChI=1S/C13H20N4O3S/c1-3-10-15-16-12(21-10)14-11(18)9-6-5-7-17(8-9)13(19)20-4-2/h9H,3-8H2,1-2H3,(H,14,16,18). The Balaban J connectivity index is 1.91. The molecule has 1 saturated heterocycles. The molecule has 0 saturated carbocycles. The largest absolute Gasteiger partial charge is 0.450 e. The second-order valence-electron chi connectivity index (χ2n) is 4.83. The second-order valence-corrected chi connectivity index (χ2v) is 5.89. The van der Waals surface area contributed by atoms with E-state index in [0.717, 1.165) is 24.3 Å². The van der Waals surface area contributed by atoms with Crippen LogP contribution in [0.5, 0.6) is 0 Å². The van der Waals surface area contributed by atoms with Crippen LogP contribution in [-0.2, 0) is 16.0 Å². The summed E-state index contributed by atoms with van der Waals surface area (Å²) >= 11 is 1.38. The highest BCUT2D eigenvalue weighted by molar-refractivity contribution is 7.15. The number of hydrogen-bond donors (Lipinski definition) is 1. The lowest BCUT2D eigenvalue weighted by atomic mass is 9.97. The molecule has 7 nitrogen and oxygen atoms in total. The summed E-state index contributed by atoms with van der Waals surface area (Å²) in [4.78, 5) is 25.6. The number of carbonyl (C=O) groups excluding carboxylic acids is 2. The van der Waals surface area contributed by atoms with Crippen LogP contribution in [-0.4, -0.2) is 46.8 Å². The van der Waals surface area contributed by atoms with Gasteiger partial charge in [-0.15, -0.1) is 10.2 Å². The summed E-state index contributed by atoms with van der Waals surface area (Å²) in [5.74, 6) is -0.333. The number of ether oxygens (including phenoxy) is 1. The molecule has 0 bridgehead atoms. The van der Waals surface area contributed by atoms with Crippen LogP contribution in [0, 0.1) is 5.92 Å². The number of nitrogens with one attached hydrogen (secondary N) is 1. The third-order valence-corrected chi connectivity index (χ3v) is 4.30. The predicted octanol–water partition coefficient (Wildman–Crippen LogP) is 1.91. The zero-order valence-electron chi connectivity index (χ0n) is 12.3. The number of aromatic nitrogens is 2. The molecule has 1 unspecified atom stereocenters. The molecule has 0 aromatic carbocycles. The van der Waals surface area contributed by atoms with Crippen molar-refractivity contribution in [3.05, 3.63) is 5.01 Å². The number of aryl methyl sites for hydroxylation is 1. The molecule has 1 fully saturated rings. The molecule has 8 heteroatoms. The van der Waals surface area contributed by atoms with Crippen LogP contribution < -0.4 is 5.32 Å². The normalized spacial score (nSPS) is 18.4. The lowest BCUT2D eigenvalue weighted by molar-refractivity contribution is -0.121. The van der Waals surface area contributed by atoms with Crippen LogP contribution in [0.2, 0.25) is 0 Å². The van der Waals surface area contributed by atoms with E-state index in [1.54, 1.807) is 11.8 Å². The lowest BCUT2D eigenvalue weighted by Crippen LogP contribution is -2.44. The molecule has 1 aliphatic rings. The minimum Gasteiger partial charge on any atom is -0.450 e. The van der Waals surface area contributed by atoms with Crippen LogP contribution in [0.15, 0.2) is 0 Å². The molecule has 0 radical (unpaired) electrons. The molecule has 2 heterocycles.